The summed E-state index contributed by atoms with van der Waals surface area (Å²) < 4.78 is 10.7. The largest absolute Gasteiger partial charge is 0.380 e. The number of nitrogens with one attached hydrogen (secondary N) is 2. The van der Waals surface area contributed by atoms with Crippen LogP contribution in [-0.2, 0) is 22.6 Å². The molecule has 1 unspecified atom stereocenters. The van der Waals surface area contributed by atoms with E-state index < -0.39 is 0 Å². The predicted octanol–water partition coefficient (Wildman–Crippen LogP) is 2.64. The van der Waals surface area contributed by atoms with Crippen LogP contribution in [0.1, 0.15) is 38.3 Å². The fraction of sp³-hybridized carbons (Fsp3) is 0.682. The SMILES string of the molecule is CCNC(=NCc1ccc(COC)cc1)NCC(CC(C)C)N1CCOCC1. The Labute approximate surface area is 170 Å². The topological polar surface area (TPSA) is 58.1 Å². The van der Waals surface area contributed by atoms with Crippen molar-refractivity contribution in [1.29, 1.82) is 0 Å². The van der Waals surface area contributed by atoms with Gasteiger partial charge < -0.3 is 20.1 Å². The molecule has 6 nitrogen and oxygen atoms in total. The summed E-state index contributed by atoms with van der Waals surface area (Å²) in [7, 11) is 1.72. The Hall–Kier alpha value is -1.63. The summed E-state index contributed by atoms with van der Waals surface area (Å²) in [6.07, 6.45) is 1.17. The van der Waals surface area contributed by atoms with E-state index in [1.54, 1.807) is 7.11 Å². The van der Waals surface area contributed by atoms with Crippen LogP contribution in [-0.4, -0.2) is 63.4 Å². The molecule has 0 aromatic heterocycles. The Kier molecular flexibility index (Phi) is 10.3. The zero-order valence-corrected chi connectivity index (χ0v) is 18.0. The molecular formula is C22H38N4O2. The predicted molar refractivity (Wildman–Crippen MR) is 116 cm³/mol. The van der Waals surface area contributed by atoms with Crippen LogP contribution in [0, 0.1) is 5.92 Å². The smallest absolute Gasteiger partial charge is 0.191 e. The van der Waals surface area contributed by atoms with Gasteiger partial charge in [-0.25, -0.2) is 4.99 Å². The van der Waals surface area contributed by atoms with Crippen LogP contribution < -0.4 is 10.6 Å². The summed E-state index contributed by atoms with van der Waals surface area (Å²) in [4.78, 5) is 7.33. The van der Waals surface area contributed by atoms with E-state index in [1.165, 1.54) is 17.5 Å². The summed E-state index contributed by atoms with van der Waals surface area (Å²) in [6, 6.07) is 8.95. The van der Waals surface area contributed by atoms with E-state index >= 15 is 0 Å². The molecule has 0 bridgehead atoms. The van der Waals surface area contributed by atoms with Crippen LogP contribution in [0.4, 0.5) is 0 Å². The number of rotatable bonds is 10. The van der Waals surface area contributed by atoms with Crippen LogP contribution in [0.2, 0.25) is 0 Å². The maximum atomic E-state index is 5.52. The molecule has 2 N–H and O–H groups in total. The molecule has 6 heteroatoms. The van der Waals surface area contributed by atoms with Gasteiger partial charge in [0, 0.05) is 39.3 Å². The minimum Gasteiger partial charge on any atom is -0.380 e. The second kappa shape index (κ2) is 12.8. The molecule has 28 heavy (non-hydrogen) atoms. The van der Waals surface area contributed by atoms with Crippen LogP contribution >= 0.6 is 0 Å². The van der Waals surface area contributed by atoms with Crippen molar-refractivity contribution in [1.82, 2.24) is 15.5 Å². The number of hydrogen-bond donors (Lipinski definition) is 2. The van der Waals surface area contributed by atoms with Gasteiger partial charge in [-0.05, 0) is 30.4 Å². The Morgan fingerprint density at radius 1 is 1.14 bits per heavy atom. The second-order valence-corrected chi connectivity index (χ2v) is 7.76. The molecule has 0 radical (unpaired) electrons. The van der Waals surface area contributed by atoms with Crippen molar-refractivity contribution in [3.63, 3.8) is 0 Å². The highest BCUT2D eigenvalue weighted by Crippen LogP contribution is 2.13. The molecule has 1 heterocycles. The van der Waals surface area contributed by atoms with Gasteiger partial charge in [0.25, 0.3) is 0 Å². The van der Waals surface area contributed by atoms with E-state index in [1.807, 2.05) is 0 Å². The highest BCUT2D eigenvalue weighted by Gasteiger charge is 2.22. The number of methoxy groups -OCH3 is 1. The Balaban J connectivity index is 1.93. The summed E-state index contributed by atoms with van der Waals surface area (Å²) in [5.74, 6) is 1.55. The molecule has 0 saturated carbocycles. The molecule has 0 spiro atoms. The number of guanidine groups is 1. The molecule has 1 aliphatic heterocycles. The molecule has 0 aliphatic carbocycles. The first-order chi connectivity index (χ1) is 13.6. The summed E-state index contributed by atoms with van der Waals surface area (Å²) in [6.45, 7) is 13.4. The van der Waals surface area contributed by atoms with Gasteiger partial charge in [-0.3, -0.25) is 4.90 Å². The van der Waals surface area contributed by atoms with Crippen LogP contribution in [0.25, 0.3) is 0 Å². The molecular weight excluding hydrogens is 352 g/mol. The van der Waals surface area contributed by atoms with Crippen molar-refractivity contribution in [2.45, 2.75) is 46.4 Å². The third-order valence-electron chi connectivity index (χ3n) is 4.91. The van der Waals surface area contributed by atoms with Crippen LogP contribution in [0.3, 0.4) is 0 Å². The summed E-state index contributed by atoms with van der Waals surface area (Å²) >= 11 is 0. The Morgan fingerprint density at radius 2 is 1.82 bits per heavy atom. The molecule has 0 amide bonds. The fourth-order valence-corrected chi connectivity index (χ4v) is 3.48. The number of hydrogen-bond acceptors (Lipinski definition) is 4. The van der Waals surface area contributed by atoms with E-state index in [2.05, 4.69) is 60.6 Å². The van der Waals surface area contributed by atoms with Crippen molar-refractivity contribution >= 4 is 5.96 Å². The number of morpholine rings is 1. The zero-order valence-electron chi connectivity index (χ0n) is 18.0. The first kappa shape index (κ1) is 22.7. The highest BCUT2D eigenvalue weighted by molar-refractivity contribution is 5.79. The lowest BCUT2D eigenvalue weighted by Gasteiger charge is -2.35. The molecule has 1 aromatic rings. The van der Waals surface area contributed by atoms with E-state index in [4.69, 9.17) is 14.5 Å². The van der Waals surface area contributed by atoms with E-state index in [-0.39, 0.29) is 0 Å². The van der Waals surface area contributed by atoms with Crippen molar-refractivity contribution < 1.29 is 9.47 Å². The summed E-state index contributed by atoms with van der Waals surface area (Å²) in [5.41, 5.74) is 2.38. The molecule has 2 rings (SSSR count). The van der Waals surface area contributed by atoms with Crippen LogP contribution in [0.15, 0.2) is 29.3 Å². The molecule has 1 atom stereocenters. The number of ether oxygens (including phenoxy) is 2. The van der Waals surface area contributed by atoms with Gasteiger partial charge in [-0.15, -0.1) is 0 Å². The van der Waals surface area contributed by atoms with Gasteiger partial charge in [0.2, 0.25) is 0 Å². The fourth-order valence-electron chi connectivity index (χ4n) is 3.48. The number of benzene rings is 1. The molecule has 1 fully saturated rings. The lowest BCUT2D eigenvalue weighted by atomic mass is 10.0. The third-order valence-corrected chi connectivity index (χ3v) is 4.91. The van der Waals surface area contributed by atoms with E-state index in [0.717, 1.165) is 45.4 Å². The zero-order chi connectivity index (χ0) is 20.2. The van der Waals surface area contributed by atoms with Gasteiger partial charge >= 0.3 is 0 Å². The average Bonchev–Trinajstić information content (AvgIpc) is 2.70. The van der Waals surface area contributed by atoms with Gasteiger partial charge in [0.05, 0.1) is 26.4 Å². The molecule has 1 aromatic carbocycles. The molecule has 158 valence electrons. The van der Waals surface area contributed by atoms with Gasteiger partial charge in [-0.2, -0.15) is 0 Å². The van der Waals surface area contributed by atoms with Crippen molar-refractivity contribution in [2.24, 2.45) is 10.9 Å². The second-order valence-electron chi connectivity index (χ2n) is 7.76. The molecule has 1 aliphatic rings. The van der Waals surface area contributed by atoms with Gasteiger partial charge in [0.15, 0.2) is 5.96 Å². The minimum absolute atomic E-state index is 0.501. The first-order valence-electron chi connectivity index (χ1n) is 10.5. The summed E-state index contributed by atoms with van der Waals surface area (Å²) in [5, 5.41) is 6.93. The standard InChI is InChI=1S/C22H38N4O2/c1-5-23-22(24-15-19-6-8-20(9-7-19)17-27-4)25-16-21(14-18(2)3)26-10-12-28-13-11-26/h6-9,18,21H,5,10-17H2,1-4H3,(H2,23,24,25). The highest BCUT2D eigenvalue weighted by atomic mass is 16.5. The maximum Gasteiger partial charge on any atom is 0.191 e. The van der Waals surface area contributed by atoms with Crippen LogP contribution in [0.5, 0.6) is 0 Å². The van der Waals surface area contributed by atoms with Crippen molar-refractivity contribution in [3.8, 4) is 0 Å². The van der Waals surface area contributed by atoms with Gasteiger partial charge in [0.1, 0.15) is 0 Å². The monoisotopic (exact) mass is 390 g/mol. The number of nitrogens with zero attached hydrogens (tertiary/aromatic N) is 2. The van der Waals surface area contributed by atoms with E-state index in [0.29, 0.717) is 25.1 Å². The lowest BCUT2D eigenvalue weighted by molar-refractivity contribution is 0.0132. The third kappa shape index (κ3) is 8.17. The average molecular weight is 391 g/mol. The van der Waals surface area contributed by atoms with Crippen molar-refractivity contribution in [3.05, 3.63) is 35.4 Å². The maximum absolute atomic E-state index is 5.52. The van der Waals surface area contributed by atoms with Gasteiger partial charge in [-0.1, -0.05) is 38.1 Å². The van der Waals surface area contributed by atoms with E-state index in [9.17, 15) is 0 Å². The minimum atomic E-state index is 0.501. The molecule has 1 saturated heterocycles. The normalized spacial score (nSPS) is 17.0. The quantitative estimate of drug-likeness (QED) is 0.475. The Bertz CT molecular complexity index is 568. The first-order valence-corrected chi connectivity index (χ1v) is 10.5. The van der Waals surface area contributed by atoms with Crippen molar-refractivity contribution in [2.75, 3.05) is 46.5 Å². The number of aliphatic imine (C=N–C) groups is 1. The Morgan fingerprint density at radius 3 is 2.43 bits per heavy atom. The lowest BCUT2D eigenvalue weighted by Crippen LogP contribution is -2.51.